The van der Waals surface area contributed by atoms with Crippen LogP contribution >= 0.6 is 0 Å². The molecule has 0 saturated carbocycles. The number of methoxy groups -OCH3 is 1. The Hall–Kier alpha value is -2.34. The van der Waals surface area contributed by atoms with Crippen LogP contribution in [-0.4, -0.2) is 59.9 Å². The number of hydrogen-bond donors (Lipinski definition) is 1. The summed E-state index contributed by atoms with van der Waals surface area (Å²) in [4.78, 5) is 28.9. The van der Waals surface area contributed by atoms with Crippen LogP contribution in [0.3, 0.4) is 0 Å². The highest BCUT2D eigenvalue weighted by molar-refractivity contribution is 6.08. The zero-order valence-corrected chi connectivity index (χ0v) is 16.0. The molecule has 26 heavy (non-hydrogen) atoms. The molecule has 6 heteroatoms. The van der Waals surface area contributed by atoms with E-state index in [4.69, 9.17) is 4.74 Å². The fraction of sp³-hybridized carbons (Fsp3) is 0.500. The molecule has 0 fully saturated rings. The number of rotatable bonds is 9. The molecule has 1 aliphatic heterocycles. The van der Waals surface area contributed by atoms with Crippen LogP contribution in [0.25, 0.3) is 0 Å². The maximum atomic E-state index is 12.7. The second-order valence-electron chi connectivity index (χ2n) is 6.24. The molecule has 1 aromatic carbocycles. The zero-order valence-electron chi connectivity index (χ0n) is 16.0. The van der Waals surface area contributed by atoms with E-state index in [-0.39, 0.29) is 17.8 Å². The number of amides is 1. The van der Waals surface area contributed by atoms with Crippen molar-refractivity contribution in [3.8, 4) is 5.75 Å². The van der Waals surface area contributed by atoms with Gasteiger partial charge in [-0.05, 0) is 30.8 Å². The van der Waals surface area contributed by atoms with Gasteiger partial charge >= 0.3 is 0 Å². The summed E-state index contributed by atoms with van der Waals surface area (Å²) in [5, 5.41) is 10.4. The van der Waals surface area contributed by atoms with Crippen molar-refractivity contribution >= 4 is 11.7 Å². The number of aliphatic hydroxyl groups is 1. The van der Waals surface area contributed by atoms with E-state index >= 15 is 0 Å². The first kappa shape index (κ1) is 20.0. The predicted molar refractivity (Wildman–Crippen MR) is 100 cm³/mol. The van der Waals surface area contributed by atoms with E-state index in [0.717, 1.165) is 18.7 Å². The lowest BCUT2D eigenvalue weighted by atomic mass is 9.95. The van der Waals surface area contributed by atoms with E-state index in [1.807, 2.05) is 24.3 Å². The zero-order chi connectivity index (χ0) is 19.3. The quantitative estimate of drug-likeness (QED) is 0.733. The van der Waals surface area contributed by atoms with E-state index in [9.17, 15) is 14.7 Å². The minimum atomic E-state index is -0.583. The summed E-state index contributed by atoms with van der Waals surface area (Å²) in [5.41, 5.74) is 0.948. The molecule has 1 unspecified atom stereocenters. The van der Waals surface area contributed by atoms with Gasteiger partial charge in [0.1, 0.15) is 5.75 Å². The first-order valence-electron chi connectivity index (χ1n) is 9.11. The molecule has 2 rings (SSSR count). The average Bonchev–Trinajstić information content (AvgIpc) is 2.93. The lowest BCUT2D eigenvalue weighted by Crippen LogP contribution is -2.38. The van der Waals surface area contributed by atoms with Crippen LogP contribution < -0.4 is 4.74 Å². The van der Waals surface area contributed by atoms with Crippen LogP contribution in [0.15, 0.2) is 35.6 Å². The topological polar surface area (TPSA) is 70.1 Å². The first-order valence-corrected chi connectivity index (χ1v) is 9.11. The standard InChI is InChI=1S/C20H28N2O4/c1-5-16(23)17-18(14-9-8-10-15(13-14)26-4)22(20(25)19(17)24)12-11-21(6-2)7-3/h8-10,13,18,24H,5-7,11-12H2,1-4H3. The molecule has 1 atom stereocenters. The van der Waals surface area contributed by atoms with Crippen LogP contribution in [0.2, 0.25) is 0 Å². The van der Waals surface area contributed by atoms with Gasteiger partial charge < -0.3 is 19.6 Å². The summed E-state index contributed by atoms with van der Waals surface area (Å²) < 4.78 is 5.28. The third-order valence-corrected chi connectivity index (χ3v) is 4.89. The SMILES string of the molecule is CCC(=O)C1=C(O)C(=O)N(CCN(CC)CC)C1c1cccc(OC)c1. The normalized spacial score (nSPS) is 17.3. The van der Waals surface area contributed by atoms with Crippen molar-refractivity contribution in [2.45, 2.75) is 33.2 Å². The Kier molecular flexibility index (Phi) is 6.80. The van der Waals surface area contributed by atoms with Crippen LogP contribution in [0.1, 0.15) is 38.8 Å². The van der Waals surface area contributed by atoms with Gasteiger partial charge in [0.2, 0.25) is 0 Å². The van der Waals surface area contributed by atoms with Gasteiger partial charge in [-0.3, -0.25) is 9.59 Å². The average molecular weight is 360 g/mol. The minimum Gasteiger partial charge on any atom is -0.503 e. The van der Waals surface area contributed by atoms with Crippen molar-refractivity contribution < 1.29 is 19.4 Å². The Morgan fingerprint density at radius 3 is 2.54 bits per heavy atom. The van der Waals surface area contributed by atoms with Crippen molar-refractivity contribution in [3.63, 3.8) is 0 Å². The number of ketones is 1. The number of hydrogen-bond acceptors (Lipinski definition) is 5. The summed E-state index contributed by atoms with van der Waals surface area (Å²) in [5.74, 6) is -0.478. The molecule has 0 aliphatic carbocycles. The Morgan fingerprint density at radius 2 is 1.96 bits per heavy atom. The van der Waals surface area contributed by atoms with Gasteiger partial charge in [0.15, 0.2) is 11.5 Å². The highest BCUT2D eigenvalue weighted by atomic mass is 16.5. The van der Waals surface area contributed by atoms with Crippen molar-refractivity contribution in [1.82, 2.24) is 9.80 Å². The van der Waals surface area contributed by atoms with Gasteiger partial charge in [0.25, 0.3) is 5.91 Å². The minimum absolute atomic E-state index is 0.185. The molecule has 1 aliphatic rings. The molecule has 0 spiro atoms. The van der Waals surface area contributed by atoms with Gasteiger partial charge in [0.05, 0.1) is 18.7 Å². The van der Waals surface area contributed by atoms with Crippen molar-refractivity contribution in [2.75, 3.05) is 33.3 Å². The second kappa shape index (κ2) is 8.85. The fourth-order valence-electron chi connectivity index (χ4n) is 3.31. The predicted octanol–water partition coefficient (Wildman–Crippen LogP) is 2.71. The Bertz CT molecular complexity index is 695. The second-order valence-corrected chi connectivity index (χ2v) is 6.24. The monoisotopic (exact) mass is 360 g/mol. The van der Waals surface area contributed by atoms with Gasteiger partial charge in [-0.2, -0.15) is 0 Å². The van der Waals surface area contributed by atoms with Gasteiger partial charge in [-0.15, -0.1) is 0 Å². The van der Waals surface area contributed by atoms with Crippen LogP contribution in [0.4, 0.5) is 0 Å². The Morgan fingerprint density at radius 1 is 1.27 bits per heavy atom. The van der Waals surface area contributed by atoms with Crippen LogP contribution in [0.5, 0.6) is 5.75 Å². The lowest BCUT2D eigenvalue weighted by molar-refractivity contribution is -0.129. The summed E-state index contributed by atoms with van der Waals surface area (Å²) in [6.07, 6.45) is 0.233. The van der Waals surface area contributed by atoms with E-state index in [1.165, 1.54) is 0 Å². The first-order chi connectivity index (χ1) is 12.5. The molecular formula is C20H28N2O4. The summed E-state index contributed by atoms with van der Waals surface area (Å²) >= 11 is 0. The number of aliphatic hydroxyl groups excluding tert-OH is 1. The molecule has 0 aromatic heterocycles. The number of carbonyl (C=O) groups is 2. The Labute approximate surface area is 155 Å². The van der Waals surface area contributed by atoms with Gasteiger partial charge in [-0.25, -0.2) is 0 Å². The number of nitrogens with zero attached hydrogens (tertiary/aromatic N) is 2. The largest absolute Gasteiger partial charge is 0.503 e. The summed E-state index contributed by atoms with van der Waals surface area (Å²) in [6.45, 7) is 8.74. The van der Waals surface area contributed by atoms with Gasteiger partial charge in [-0.1, -0.05) is 32.9 Å². The van der Waals surface area contributed by atoms with E-state index in [1.54, 1.807) is 18.9 Å². The molecule has 0 radical (unpaired) electrons. The molecule has 6 nitrogen and oxygen atoms in total. The molecule has 1 amide bonds. The highest BCUT2D eigenvalue weighted by Crippen LogP contribution is 2.38. The molecule has 1 heterocycles. The van der Waals surface area contributed by atoms with E-state index in [0.29, 0.717) is 18.8 Å². The molecular weight excluding hydrogens is 332 g/mol. The van der Waals surface area contributed by atoms with Crippen molar-refractivity contribution in [1.29, 1.82) is 0 Å². The molecule has 0 bridgehead atoms. The number of benzene rings is 1. The molecule has 142 valence electrons. The Balaban J connectivity index is 2.42. The fourth-order valence-corrected chi connectivity index (χ4v) is 3.31. The summed E-state index contributed by atoms with van der Waals surface area (Å²) in [6, 6.07) is 6.72. The van der Waals surface area contributed by atoms with E-state index in [2.05, 4.69) is 18.7 Å². The number of likely N-dealkylation sites (N-methyl/N-ethyl adjacent to an activating group) is 1. The number of ether oxygens (including phenoxy) is 1. The molecule has 1 N–H and O–H groups in total. The van der Waals surface area contributed by atoms with Gasteiger partial charge in [0, 0.05) is 19.5 Å². The third-order valence-electron chi connectivity index (χ3n) is 4.89. The number of carbonyl (C=O) groups excluding carboxylic acids is 2. The summed E-state index contributed by atoms with van der Waals surface area (Å²) in [7, 11) is 1.57. The maximum absolute atomic E-state index is 12.7. The molecule has 1 aromatic rings. The highest BCUT2D eigenvalue weighted by Gasteiger charge is 2.42. The number of Topliss-reactive ketones (excluding diaryl/α,β-unsaturated/α-hetero) is 1. The smallest absolute Gasteiger partial charge is 0.290 e. The van der Waals surface area contributed by atoms with E-state index < -0.39 is 17.7 Å². The lowest BCUT2D eigenvalue weighted by Gasteiger charge is -2.29. The third kappa shape index (κ3) is 3.90. The van der Waals surface area contributed by atoms with Crippen LogP contribution in [-0.2, 0) is 9.59 Å². The van der Waals surface area contributed by atoms with Crippen molar-refractivity contribution in [3.05, 3.63) is 41.2 Å². The molecule has 0 saturated heterocycles. The van der Waals surface area contributed by atoms with Crippen molar-refractivity contribution in [2.24, 2.45) is 0 Å². The maximum Gasteiger partial charge on any atom is 0.290 e. The van der Waals surface area contributed by atoms with Crippen LogP contribution in [0, 0.1) is 0 Å².